The van der Waals surface area contributed by atoms with Crippen LogP contribution in [0.3, 0.4) is 0 Å². The summed E-state index contributed by atoms with van der Waals surface area (Å²) >= 11 is 0. The maximum Gasteiger partial charge on any atom is 0.231 e. The van der Waals surface area contributed by atoms with Gasteiger partial charge in [-0.25, -0.2) is 0 Å². The van der Waals surface area contributed by atoms with Gasteiger partial charge >= 0.3 is 0 Å². The number of hydrogen-bond donors (Lipinski definition) is 1. The predicted molar refractivity (Wildman–Crippen MR) is 77.5 cm³/mol. The van der Waals surface area contributed by atoms with Crippen LogP contribution in [0.4, 0.5) is 0 Å². The van der Waals surface area contributed by atoms with Gasteiger partial charge in [-0.15, -0.1) is 0 Å². The third-order valence-corrected chi connectivity index (χ3v) is 4.29. The molecule has 1 aliphatic carbocycles. The monoisotopic (exact) mass is 271 g/mol. The van der Waals surface area contributed by atoms with E-state index in [9.17, 15) is 0 Å². The lowest BCUT2D eigenvalue weighted by Crippen LogP contribution is -2.22. The molecule has 0 bridgehead atoms. The summed E-state index contributed by atoms with van der Waals surface area (Å²) in [7, 11) is 1.97. The van der Waals surface area contributed by atoms with Gasteiger partial charge in [0.25, 0.3) is 0 Å². The van der Waals surface area contributed by atoms with Gasteiger partial charge in [0, 0.05) is 12.0 Å². The van der Waals surface area contributed by atoms with Crippen LogP contribution in [0.1, 0.15) is 61.3 Å². The van der Waals surface area contributed by atoms with Gasteiger partial charge in [-0.1, -0.05) is 48.8 Å². The predicted octanol–water partition coefficient (Wildman–Crippen LogP) is 3.40. The first-order valence-corrected chi connectivity index (χ1v) is 7.35. The summed E-state index contributed by atoms with van der Waals surface area (Å²) in [4.78, 5) is 4.61. The zero-order valence-corrected chi connectivity index (χ0v) is 12.0. The number of nitrogens with zero attached hydrogens (tertiary/aromatic N) is 2. The van der Waals surface area contributed by atoms with Crippen LogP contribution in [0.15, 0.2) is 34.9 Å². The molecule has 106 valence electrons. The third-order valence-electron chi connectivity index (χ3n) is 4.29. The fourth-order valence-corrected chi connectivity index (χ4v) is 2.77. The lowest BCUT2D eigenvalue weighted by atomic mass is 9.85. The molecule has 1 saturated carbocycles. The highest BCUT2D eigenvalue weighted by molar-refractivity contribution is 5.22. The molecule has 1 aromatic carbocycles. The van der Waals surface area contributed by atoms with Gasteiger partial charge in [0.05, 0.1) is 5.92 Å². The molecule has 4 heteroatoms. The topological polar surface area (TPSA) is 51.0 Å². The van der Waals surface area contributed by atoms with E-state index in [1.54, 1.807) is 0 Å². The van der Waals surface area contributed by atoms with Crippen molar-refractivity contribution >= 4 is 0 Å². The molecular formula is C16H21N3O. The summed E-state index contributed by atoms with van der Waals surface area (Å²) in [5.74, 6) is 2.30. The molecule has 0 radical (unpaired) electrons. The molecule has 2 unspecified atom stereocenters. The van der Waals surface area contributed by atoms with Crippen molar-refractivity contribution in [3.05, 3.63) is 47.6 Å². The van der Waals surface area contributed by atoms with Crippen LogP contribution in [-0.4, -0.2) is 17.2 Å². The summed E-state index contributed by atoms with van der Waals surface area (Å²) in [6, 6.07) is 10.6. The maximum absolute atomic E-state index is 5.49. The molecule has 1 heterocycles. The number of rotatable bonds is 5. The molecule has 20 heavy (non-hydrogen) atoms. The zero-order valence-electron chi connectivity index (χ0n) is 12.0. The molecule has 1 aliphatic rings. The minimum atomic E-state index is 0.156. The van der Waals surface area contributed by atoms with Crippen molar-refractivity contribution in [2.75, 3.05) is 7.05 Å². The SMILES string of the molecule is CNC(c1ccccc1)C(C)c1nc(C2CCC2)no1. The summed E-state index contributed by atoms with van der Waals surface area (Å²) in [5, 5.41) is 7.51. The van der Waals surface area contributed by atoms with E-state index in [2.05, 4.69) is 46.6 Å². The van der Waals surface area contributed by atoms with E-state index in [4.69, 9.17) is 4.52 Å². The fourth-order valence-electron chi connectivity index (χ4n) is 2.77. The quantitative estimate of drug-likeness (QED) is 0.905. The third kappa shape index (κ3) is 2.48. The Morgan fingerprint density at radius 3 is 2.60 bits per heavy atom. The second-order valence-corrected chi connectivity index (χ2v) is 5.58. The van der Waals surface area contributed by atoms with Gasteiger partial charge in [-0.05, 0) is 25.5 Å². The van der Waals surface area contributed by atoms with E-state index in [0.717, 1.165) is 11.7 Å². The van der Waals surface area contributed by atoms with Gasteiger partial charge in [-0.3, -0.25) is 0 Å². The van der Waals surface area contributed by atoms with E-state index in [0.29, 0.717) is 5.92 Å². The molecule has 0 amide bonds. The first-order chi connectivity index (χ1) is 9.79. The fraction of sp³-hybridized carbons (Fsp3) is 0.500. The largest absolute Gasteiger partial charge is 0.339 e. The Morgan fingerprint density at radius 1 is 1.25 bits per heavy atom. The van der Waals surface area contributed by atoms with Crippen molar-refractivity contribution in [1.82, 2.24) is 15.5 Å². The molecule has 2 aromatic rings. The number of aromatic nitrogens is 2. The van der Waals surface area contributed by atoms with Crippen LogP contribution in [0.25, 0.3) is 0 Å². The lowest BCUT2D eigenvalue weighted by molar-refractivity contribution is 0.319. The smallest absolute Gasteiger partial charge is 0.231 e. The maximum atomic E-state index is 5.49. The van der Waals surface area contributed by atoms with Gasteiger partial charge < -0.3 is 9.84 Å². The Kier molecular flexibility index (Phi) is 3.83. The Hall–Kier alpha value is -1.68. The lowest BCUT2D eigenvalue weighted by Gasteiger charge is -2.22. The molecule has 2 atom stereocenters. The van der Waals surface area contributed by atoms with E-state index in [1.165, 1.54) is 24.8 Å². The van der Waals surface area contributed by atoms with Crippen LogP contribution in [0, 0.1) is 0 Å². The van der Waals surface area contributed by atoms with Gasteiger partial charge in [-0.2, -0.15) is 4.98 Å². The second-order valence-electron chi connectivity index (χ2n) is 5.58. The van der Waals surface area contributed by atoms with Crippen molar-refractivity contribution in [3.8, 4) is 0 Å². The van der Waals surface area contributed by atoms with Crippen LogP contribution in [0.5, 0.6) is 0 Å². The van der Waals surface area contributed by atoms with Crippen molar-refractivity contribution in [1.29, 1.82) is 0 Å². The first-order valence-electron chi connectivity index (χ1n) is 7.35. The Balaban J connectivity index is 1.79. The molecule has 1 N–H and O–H groups in total. The molecule has 1 fully saturated rings. The molecule has 0 aliphatic heterocycles. The van der Waals surface area contributed by atoms with E-state index >= 15 is 0 Å². The molecule has 4 nitrogen and oxygen atoms in total. The Labute approximate surface area is 119 Å². The van der Waals surface area contributed by atoms with Crippen molar-refractivity contribution in [3.63, 3.8) is 0 Å². The summed E-state index contributed by atoms with van der Waals surface area (Å²) in [5.41, 5.74) is 1.24. The summed E-state index contributed by atoms with van der Waals surface area (Å²) in [6.45, 7) is 2.13. The van der Waals surface area contributed by atoms with E-state index < -0.39 is 0 Å². The number of hydrogen-bond acceptors (Lipinski definition) is 4. The van der Waals surface area contributed by atoms with Gasteiger partial charge in [0.1, 0.15) is 0 Å². The normalized spacial score (nSPS) is 18.5. The standard InChI is InChI=1S/C16H21N3O/c1-11(14(17-2)12-7-4-3-5-8-12)16-18-15(19-20-16)13-9-6-10-13/h3-5,7-8,11,13-14,17H,6,9-10H2,1-2H3. The number of benzene rings is 1. The van der Waals surface area contributed by atoms with Crippen LogP contribution in [0.2, 0.25) is 0 Å². The second kappa shape index (κ2) is 5.75. The highest BCUT2D eigenvalue weighted by atomic mass is 16.5. The van der Waals surface area contributed by atoms with Crippen molar-refractivity contribution < 1.29 is 4.52 Å². The molecule has 3 rings (SSSR count). The summed E-state index contributed by atoms with van der Waals surface area (Å²) in [6.07, 6.45) is 3.68. The molecule has 0 spiro atoms. The summed E-state index contributed by atoms with van der Waals surface area (Å²) < 4.78 is 5.49. The zero-order chi connectivity index (χ0) is 13.9. The highest BCUT2D eigenvalue weighted by Crippen LogP contribution is 2.36. The molecule has 0 saturated heterocycles. The van der Waals surface area contributed by atoms with Crippen LogP contribution >= 0.6 is 0 Å². The van der Waals surface area contributed by atoms with E-state index in [-0.39, 0.29) is 12.0 Å². The highest BCUT2D eigenvalue weighted by Gasteiger charge is 2.28. The van der Waals surface area contributed by atoms with Crippen LogP contribution < -0.4 is 5.32 Å². The molecular weight excluding hydrogens is 250 g/mol. The minimum absolute atomic E-state index is 0.156. The van der Waals surface area contributed by atoms with Crippen molar-refractivity contribution in [2.24, 2.45) is 0 Å². The minimum Gasteiger partial charge on any atom is -0.339 e. The average molecular weight is 271 g/mol. The number of nitrogens with one attached hydrogen (secondary N) is 1. The van der Waals surface area contributed by atoms with Crippen LogP contribution in [-0.2, 0) is 0 Å². The first kappa shape index (κ1) is 13.3. The van der Waals surface area contributed by atoms with Gasteiger partial charge in [0.2, 0.25) is 5.89 Å². The average Bonchev–Trinajstić information content (AvgIpc) is 2.88. The Morgan fingerprint density at radius 2 is 2.00 bits per heavy atom. The van der Waals surface area contributed by atoms with Gasteiger partial charge in [0.15, 0.2) is 5.82 Å². The molecule has 1 aromatic heterocycles. The Bertz CT molecular complexity index is 548. The van der Waals surface area contributed by atoms with E-state index in [1.807, 2.05) is 13.1 Å². The van der Waals surface area contributed by atoms with Crippen molar-refractivity contribution in [2.45, 2.75) is 44.1 Å². The number of likely N-dealkylation sites (N-methyl/N-ethyl adjacent to an activating group) is 1.